The molecule has 14 aromatic rings. The number of carbonyl (C=O) groups is 6. The van der Waals surface area contributed by atoms with Crippen LogP contribution in [0.1, 0.15) is 214 Å². The third-order valence-corrected chi connectivity index (χ3v) is 32.0. The van der Waals surface area contributed by atoms with Crippen LogP contribution in [0.3, 0.4) is 0 Å². The van der Waals surface area contributed by atoms with Crippen LogP contribution in [0.2, 0.25) is 51.4 Å². The van der Waals surface area contributed by atoms with E-state index in [-0.39, 0.29) is 92.5 Å². The van der Waals surface area contributed by atoms with E-state index >= 15 is 0 Å². The number of ether oxygens (including phenoxy) is 2. The molecule has 7 aliphatic rings. The molecule has 0 spiro atoms. The van der Waals surface area contributed by atoms with Crippen molar-refractivity contribution in [2.24, 2.45) is 23.7 Å². The lowest BCUT2D eigenvalue weighted by molar-refractivity contribution is -0.121. The minimum atomic E-state index is -1.21. The number of rotatable bonds is 31. The lowest BCUT2D eigenvalue weighted by Crippen LogP contribution is -2.30. The Morgan fingerprint density at radius 2 is 0.667 bits per heavy atom. The molecule has 37 nitrogen and oxygen atoms in total. The van der Waals surface area contributed by atoms with Crippen LogP contribution < -0.4 is 20.4 Å². The van der Waals surface area contributed by atoms with Crippen molar-refractivity contribution in [2.75, 3.05) is 33.6 Å². The fraction of sp³-hybridized carbons (Fsp3) is 0.441. The topological polar surface area (TPSA) is 463 Å². The summed E-state index contributed by atoms with van der Waals surface area (Å²) in [5.74, 6) is 0.465. The summed E-state index contributed by atoms with van der Waals surface area (Å²) >= 11 is 0. The number of hydrogen-bond donors (Lipinski definition) is 3. The number of imide groups is 3. The van der Waals surface area contributed by atoms with Gasteiger partial charge in [0.25, 0.3) is 23.6 Å². The largest absolute Gasteiger partial charge is 0.382 e. The predicted octanol–water partition coefficient (Wildman–Crippen LogP) is 17.6. The lowest BCUT2D eigenvalue weighted by Gasteiger charge is -2.22. The number of carbonyl (C=O) groups excluding carboxylic acids is 6. The highest BCUT2D eigenvalue weighted by Gasteiger charge is 2.45. The van der Waals surface area contributed by atoms with Crippen molar-refractivity contribution in [2.45, 2.75) is 251 Å². The van der Waals surface area contributed by atoms with Crippen molar-refractivity contribution in [1.82, 2.24) is 97.3 Å². The lowest BCUT2D eigenvalue weighted by atomic mass is 9.96. The molecule has 15 heterocycles. The maximum absolute atomic E-state index is 13.6. The van der Waals surface area contributed by atoms with E-state index in [1.54, 1.807) is 115 Å². The standard InChI is InChI=1S/C31H35N7O3Si.C26H23N7O3.C23H36N6OSi.C22H23N7O3/c1-42(2,3)17-16-41-20-36-15-13-24-27(33-19-34-28(24)36)25-18-37(26(12-14-32)21-8-4-5-9-21)35-29(25)38-30(39)22-10-6-7-11-23(22)31(38)40;27-11-9-21(16-5-1-2-6-16)32-13-20(22-19-10-12-31(15-34)23(19)29-14-28-22)24(30-32)33-25(35)17-7-3-4-8-18(17)26(33)36;1-5-20(17-8-6-7-9-17)29-14-19(22(24)27-29)21-18-10-11-28(23(18)26-15-25-21)16-30-12-13-31(2,3)4;23-9-7-17(14-3-1-2-4-14)28-11-16(22(26-28)29-18(31)5-6-19(29)32)20-15-8-10-27(13-30)21(15)25-12-24-20/h6-7,10-11,13,15,18-19,21,26H,4-5,8-9,12,16-17,20H2,1-3H3;3-4,7-8,10,12-14,16,21,34H,1-2,5-6,9,15H2;10-11,14-15,17,20H,5-9,12-13,16H2,1-4H3,(H2,24,27);8,10-12,14,17,30H,1-7,13H2/t26-;21-;20-;17-/m1111/s1. The van der Waals surface area contributed by atoms with Gasteiger partial charge >= 0.3 is 0 Å². The van der Waals surface area contributed by atoms with Gasteiger partial charge in [-0.15, -0.1) is 0 Å². The first kappa shape index (κ1) is 97.0. The number of aliphatic hydroxyl groups excluding tert-OH is 2. The number of benzene rings is 2. The van der Waals surface area contributed by atoms with Gasteiger partial charge in [0.15, 0.2) is 23.3 Å². The van der Waals surface area contributed by atoms with E-state index in [0.717, 1.165) is 145 Å². The summed E-state index contributed by atoms with van der Waals surface area (Å²) in [4.78, 5) is 118. The molecule has 2 aromatic carbocycles. The van der Waals surface area contributed by atoms with E-state index in [4.69, 9.17) is 35.6 Å². The smallest absolute Gasteiger partial charge is 0.267 e. The molecule has 39 heteroatoms. The van der Waals surface area contributed by atoms with Crippen LogP contribution >= 0.6 is 0 Å². The number of anilines is 4. The van der Waals surface area contributed by atoms with Gasteiger partial charge in [-0.3, -0.25) is 47.5 Å². The molecular weight excluding hydrogens is 1820 g/mol. The van der Waals surface area contributed by atoms with Gasteiger partial charge in [-0.1, -0.05) is 122 Å². The quantitative estimate of drug-likeness (QED) is 0.0206. The second-order valence-electron chi connectivity index (χ2n) is 40.0. The molecule has 4 saturated carbocycles. The summed E-state index contributed by atoms with van der Waals surface area (Å²) < 4.78 is 26.4. The Balaban J connectivity index is 0.000000125. The highest BCUT2D eigenvalue weighted by atomic mass is 28.3. The van der Waals surface area contributed by atoms with Crippen LogP contribution in [-0.4, -0.2) is 172 Å². The first-order valence-electron chi connectivity index (χ1n) is 49.0. The zero-order valence-corrected chi connectivity index (χ0v) is 82.6. The fourth-order valence-corrected chi connectivity index (χ4v) is 22.7. The van der Waals surface area contributed by atoms with Gasteiger partial charge in [-0.25, -0.2) is 54.6 Å². The van der Waals surface area contributed by atoms with Crippen molar-refractivity contribution in [1.29, 1.82) is 15.8 Å². The van der Waals surface area contributed by atoms with Crippen molar-refractivity contribution in [3.05, 3.63) is 170 Å². The monoisotopic (exact) mass is 1940 g/mol. The summed E-state index contributed by atoms with van der Waals surface area (Å²) in [6, 6.07) is 30.1. The second kappa shape index (κ2) is 42.0. The first-order valence-corrected chi connectivity index (χ1v) is 56.4. The predicted molar refractivity (Wildman–Crippen MR) is 534 cm³/mol. The summed E-state index contributed by atoms with van der Waals surface area (Å²) in [7, 11) is -2.31. The Hall–Kier alpha value is -14.3. The van der Waals surface area contributed by atoms with Gasteiger partial charge in [-0.2, -0.15) is 36.2 Å². The fourth-order valence-electron chi connectivity index (χ4n) is 21.2. The van der Waals surface area contributed by atoms with Crippen LogP contribution in [-0.2, 0) is 46.0 Å². The molecule has 4 aliphatic carbocycles. The zero-order valence-electron chi connectivity index (χ0n) is 80.6. The highest BCUT2D eigenvalue weighted by Crippen LogP contribution is 2.48. The minimum absolute atomic E-state index is 0.137. The SMILES string of the molecule is CC[C@H](C1CCCC1)n1cc(-c2ncnc3c2ccn3COCC[Si](C)(C)C)c(N)n1.C[Si](C)(C)CCOCn1ccc2c(-c3cn([C@H](CC#N)C4CCCC4)nc3N3C(=O)c4ccccc4C3=O)ncnc21.N#CC[C@H](C1CCCC1)n1cc(-c2ncnc3c2ccn3CO)c(N2C(=O)CCC2=O)n1.N#CC[C@H](C1CCCC1)n1cc(-c2ncnc3c2ccn3CO)c(N2C(=O)c3ccccc3C2=O)n1. The zero-order chi connectivity index (χ0) is 98.5. The number of nitriles is 3. The molecule has 0 unspecified atom stereocenters. The van der Waals surface area contributed by atoms with Crippen molar-refractivity contribution >= 4 is 119 Å². The van der Waals surface area contributed by atoms with E-state index in [0.29, 0.717) is 140 Å². The molecule has 0 bridgehead atoms. The molecule has 21 rings (SSSR count). The highest BCUT2D eigenvalue weighted by molar-refractivity contribution is 6.76. The average molecular weight is 1940 g/mol. The van der Waals surface area contributed by atoms with Gasteiger partial charge in [0.1, 0.15) is 74.8 Å². The van der Waals surface area contributed by atoms with Crippen LogP contribution in [0.4, 0.5) is 23.3 Å². The molecule has 141 heavy (non-hydrogen) atoms. The van der Waals surface area contributed by atoms with Crippen LogP contribution in [0.5, 0.6) is 0 Å². The molecule has 4 N–H and O–H groups in total. The van der Waals surface area contributed by atoms with E-state index in [9.17, 15) is 54.8 Å². The Morgan fingerprint density at radius 3 is 0.972 bits per heavy atom. The van der Waals surface area contributed by atoms with Gasteiger partial charge in [0, 0.05) is 113 Å². The molecule has 5 fully saturated rings. The molecule has 0 radical (unpaired) electrons. The average Bonchev–Trinajstić information content (AvgIpc) is 1.59. The molecule has 3 aliphatic heterocycles. The summed E-state index contributed by atoms with van der Waals surface area (Å²) in [5.41, 5.74) is 15.3. The third-order valence-electron chi connectivity index (χ3n) is 28.6. The maximum Gasteiger partial charge on any atom is 0.267 e. The van der Waals surface area contributed by atoms with Gasteiger partial charge < -0.3 is 43.7 Å². The molecule has 6 amide bonds. The Morgan fingerprint density at radius 1 is 0.383 bits per heavy atom. The van der Waals surface area contributed by atoms with Crippen LogP contribution in [0.25, 0.3) is 89.2 Å². The first-order chi connectivity index (χ1) is 68.4. The van der Waals surface area contributed by atoms with E-state index in [1.165, 1.54) is 44.7 Å². The van der Waals surface area contributed by atoms with E-state index in [1.807, 2.05) is 33.8 Å². The molecule has 4 atom stereocenters. The number of nitrogens with two attached hydrogens (primary N) is 1. The Kier molecular flexibility index (Phi) is 28.9. The number of hydrogen-bond acceptors (Lipinski definition) is 26. The molecular formula is C102H117N27O10Si2. The third kappa shape index (κ3) is 19.8. The number of fused-ring (bicyclic) bond motifs is 6. The second-order valence-corrected chi connectivity index (χ2v) is 51.2. The van der Waals surface area contributed by atoms with E-state index < -0.39 is 39.8 Å². The van der Waals surface area contributed by atoms with Gasteiger partial charge in [0.2, 0.25) is 11.8 Å². The van der Waals surface area contributed by atoms with Crippen molar-refractivity contribution in [3.8, 4) is 63.2 Å². The molecule has 728 valence electrons. The van der Waals surface area contributed by atoms with Crippen molar-refractivity contribution < 1.29 is 48.5 Å². The van der Waals surface area contributed by atoms with Crippen LogP contribution in [0, 0.1) is 57.7 Å². The molecule has 1 saturated heterocycles. The Bertz CT molecular complexity index is 7060. The van der Waals surface area contributed by atoms with Crippen molar-refractivity contribution in [3.63, 3.8) is 0 Å². The van der Waals surface area contributed by atoms with Gasteiger partial charge in [0.05, 0.1) is 129 Å². The maximum atomic E-state index is 13.6. The normalized spacial score (nSPS) is 16.8. The van der Waals surface area contributed by atoms with Crippen LogP contribution in [0.15, 0.2) is 148 Å². The number of aliphatic hydroxyl groups is 2. The molecule has 12 aromatic heterocycles. The minimum Gasteiger partial charge on any atom is -0.382 e. The number of nitrogens with zero attached hydrogens (tertiary/aromatic N) is 26. The number of aromatic nitrogens is 20. The summed E-state index contributed by atoms with van der Waals surface area (Å²) in [6.45, 7) is 18.1. The summed E-state index contributed by atoms with van der Waals surface area (Å²) in [5, 5.41) is 70.2. The number of amides is 6. The number of nitrogen functional groups attached to an aromatic ring is 1. The Labute approximate surface area is 817 Å². The van der Waals surface area contributed by atoms with E-state index in [2.05, 4.69) is 121 Å². The summed E-state index contributed by atoms with van der Waals surface area (Å²) in [6.07, 6.45) is 41.0. The van der Waals surface area contributed by atoms with Gasteiger partial charge in [-0.05, 0) is 142 Å².